The molecule has 0 aliphatic heterocycles. The number of hydrogen-bond acceptors (Lipinski definition) is 2. The van der Waals surface area contributed by atoms with Gasteiger partial charge in [-0.1, -0.05) is 33.3 Å². The van der Waals surface area contributed by atoms with Gasteiger partial charge < -0.3 is 15.6 Å². The van der Waals surface area contributed by atoms with Gasteiger partial charge in [-0.25, -0.2) is 0 Å². The summed E-state index contributed by atoms with van der Waals surface area (Å²) in [5.41, 5.74) is 7.92. The van der Waals surface area contributed by atoms with E-state index in [9.17, 15) is 4.79 Å². The molecule has 3 N–H and O–H groups in total. The Morgan fingerprint density at radius 3 is 2.68 bits per heavy atom. The smallest absolute Gasteiger partial charge is 0.241 e. The molecule has 1 aromatic carbocycles. The minimum atomic E-state index is -0.465. The molecule has 2 unspecified atom stereocenters. The lowest BCUT2D eigenvalue weighted by Gasteiger charge is -2.17. The highest BCUT2D eigenvalue weighted by molar-refractivity contribution is 5.96. The van der Waals surface area contributed by atoms with Crippen molar-refractivity contribution in [1.82, 2.24) is 4.57 Å². The molecule has 0 aliphatic rings. The van der Waals surface area contributed by atoms with Crippen LogP contribution in [0.4, 0.5) is 5.69 Å². The largest absolute Gasteiger partial charge is 0.347 e. The van der Waals surface area contributed by atoms with Gasteiger partial charge >= 0.3 is 0 Å². The number of nitrogens with one attached hydrogen (secondary N) is 1. The van der Waals surface area contributed by atoms with E-state index in [-0.39, 0.29) is 24.2 Å². The zero-order chi connectivity index (χ0) is 15.4. The van der Waals surface area contributed by atoms with Crippen molar-refractivity contribution in [3.8, 4) is 0 Å². The first-order chi connectivity index (χ1) is 10.1. The number of nitrogens with zero attached hydrogens (tertiary/aromatic N) is 1. The summed E-state index contributed by atoms with van der Waals surface area (Å²) >= 11 is 0. The molecule has 1 amide bonds. The SMILES string of the molecule is CCCn1ccc2ccc(NC(=O)C(N)C(C)CC)cc21.Cl. The molecule has 2 aromatic rings. The Labute approximate surface area is 138 Å². The summed E-state index contributed by atoms with van der Waals surface area (Å²) in [4.78, 5) is 12.2. The van der Waals surface area contributed by atoms with Crippen LogP contribution in [0, 0.1) is 5.92 Å². The van der Waals surface area contributed by atoms with Crippen molar-refractivity contribution in [3.63, 3.8) is 0 Å². The van der Waals surface area contributed by atoms with Crippen LogP contribution in [0.15, 0.2) is 30.5 Å². The first-order valence-electron chi connectivity index (χ1n) is 7.72. The van der Waals surface area contributed by atoms with Crippen molar-refractivity contribution < 1.29 is 4.79 Å². The van der Waals surface area contributed by atoms with E-state index < -0.39 is 6.04 Å². The number of aryl methyl sites for hydroxylation is 1. The van der Waals surface area contributed by atoms with Gasteiger partial charge in [0, 0.05) is 18.4 Å². The molecule has 0 aliphatic carbocycles. The standard InChI is InChI=1S/C17H25N3O.ClH/c1-4-9-20-10-8-13-6-7-14(11-15(13)20)19-17(21)16(18)12(3)5-2;/h6-8,10-12,16H,4-5,9,18H2,1-3H3,(H,19,21);1H. The van der Waals surface area contributed by atoms with Crippen LogP contribution in [0.2, 0.25) is 0 Å². The van der Waals surface area contributed by atoms with Crippen LogP contribution in [0.3, 0.4) is 0 Å². The maximum Gasteiger partial charge on any atom is 0.241 e. The average Bonchev–Trinajstić information content (AvgIpc) is 2.88. The number of rotatable bonds is 6. The summed E-state index contributed by atoms with van der Waals surface area (Å²) in [5.74, 6) is 0.0648. The molecule has 122 valence electrons. The third-order valence-corrected chi connectivity index (χ3v) is 4.07. The molecule has 0 radical (unpaired) electrons. The number of halogens is 1. The number of fused-ring (bicyclic) bond motifs is 1. The van der Waals surface area contributed by atoms with E-state index in [0.29, 0.717) is 0 Å². The molecule has 2 rings (SSSR count). The van der Waals surface area contributed by atoms with Gasteiger partial charge in [0.15, 0.2) is 0 Å². The van der Waals surface area contributed by atoms with E-state index in [1.165, 1.54) is 5.39 Å². The maximum absolute atomic E-state index is 12.2. The molecular formula is C17H26ClN3O. The Balaban J connectivity index is 0.00000242. The number of carbonyl (C=O) groups is 1. The van der Waals surface area contributed by atoms with Gasteiger partial charge in [0.2, 0.25) is 5.91 Å². The third kappa shape index (κ3) is 4.02. The highest BCUT2D eigenvalue weighted by Gasteiger charge is 2.19. The van der Waals surface area contributed by atoms with Crippen molar-refractivity contribution in [2.24, 2.45) is 11.7 Å². The van der Waals surface area contributed by atoms with Crippen LogP contribution >= 0.6 is 12.4 Å². The third-order valence-electron chi connectivity index (χ3n) is 4.07. The fraction of sp³-hybridized carbons (Fsp3) is 0.471. The number of anilines is 1. The summed E-state index contributed by atoms with van der Waals surface area (Å²) in [5, 5.41) is 4.12. The van der Waals surface area contributed by atoms with E-state index in [1.54, 1.807) is 0 Å². The zero-order valence-electron chi connectivity index (χ0n) is 13.5. The van der Waals surface area contributed by atoms with Crippen LogP contribution in [0.5, 0.6) is 0 Å². The summed E-state index contributed by atoms with van der Waals surface area (Å²) in [6.07, 6.45) is 4.07. The molecule has 2 atom stereocenters. The van der Waals surface area contributed by atoms with E-state index in [0.717, 1.165) is 30.6 Å². The monoisotopic (exact) mass is 323 g/mol. The van der Waals surface area contributed by atoms with Crippen molar-refractivity contribution in [2.75, 3.05) is 5.32 Å². The molecule has 22 heavy (non-hydrogen) atoms. The summed E-state index contributed by atoms with van der Waals surface area (Å²) in [6.45, 7) is 7.18. The van der Waals surface area contributed by atoms with Gasteiger partial charge in [0.25, 0.3) is 0 Å². The molecule has 0 fully saturated rings. The summed E-state index contributed by atoms with van der Waals surface area (Å²) in [7, 11) is 0. The fourth-order valence-corrected chi connectivity index (χ4v) is 2.44. The highest BCUT2D eigenvalue weighted by atomic mass is 35.5. The highest BCUT2D eigenvalue weighted by Crippen LogP contribution is 2.21. The Bertz CT molecular complexity index is 623. The van der Waals surface area contributed by atoms with Gasteiger partial charge in [-0.2, -0.15) is 0 Å². The topological polar surface area (TPSA) is 60.0 Å². The molecule has 0 bridgehead atoms. The molecular weight excluding hydrogens is 298 g/mol. The second kappa shape index (κ2) is 8.20. The normalized spacial score (nSPS) is 13.5. The average molecular weight is 324 g/mol. The lowest BCUT2D eigenvalue weighted by Crippen LogP contribution is -2.40. The van der Waals surface area contributed by atoms with Crippen molar-refractivity contribution in [2.45, 2.75) is 46.2 Å². The molecule has 1 heterocycles. The first kappa shape index (κ1) is 18.5. The number of hydrogen-bond donors (Lipinski definition) is 2. The predicted octanol–water partition coefficient (Wildman–Crippen LogP) is 3.79. The van der Waals surface area contributed by atoms with Crippen LogP contribution in [-0.4, -0.2) is 16.5 Å². The van der Waals surface area contributed by atoms with Crippen LogP contribution < -0.4 is 11.1 Å². The molecule has 1 aromatic heterocycles. The lowest BCUT2D eigenvalue weighted by atomic mass is 9.99. The van der Waals surface area contributed by atoms with Crippen LogP contribution in [0.1, 0.15) is 33.6 Å². The first-order valence-corrected chi connectivity index (χ1v) is 7.72. The van der Waals surface area contributed by atoms with E-state index in [4.69, 9.17) is 5.73 Å². The quantitative estimate of drug-likeness (QED) is 0.849. The van der Waals surface area contributed by atoms with Gasteiger partial charge in [0.1, 0.15) is 0 Å². The van der Waals surface area contributed by atoms with Crippen LogP contribution in [0.25, 0.3) is 10.9 Å². The molecule has 4 nitrogen and oxygen atoms in total. The van der Waals surface area contributed by atoms with Gasteiger partial charge in [-0.3, -0.25) is 4.79 Å². The second-order valence-electron chi connectivity index (χ2n) is 5.68. The number of amides is 1. The lowest BCUT2D eigenvalue weighted by molar-refractivity contribution is -0.118. The van der Waals surface area contributed by atoms with Crippen LogP contribution in [-0.2, 0) is 11.3 Å². The maximum atomic E-state index is 12.2. The minimum Gasteiger partial charge on any atom is -0.347 e. The molecule has 0 saturated heterocycles. The van der Waals surface area contributed by atoms with Crippen molar-refractivity contribution in [3.05, 3.63) is 30.5 Å². The Morgan fingerprint density at radius 1 is 1.32 bits per heavy atom. The summed E-state index contributed by atoms with van der Waals surface area (Å²) < 4.78 is 2.21. The van der Waals surface area contributed by atoms with E-state index >= 15 is 0 Å². The second-order valence-corrected chi connectivity index (χ2v) is 5.68. The fourth-order valence-electron chi connectivity index (χ4n) is 2.44. The van der Waals surface area contributed by atoms with Gasteiger partial charge in [0.05, 0.1) is 11.6 Å². The predicted molar refractivity (Wildman–Crippen MR) is 95.5 cm³/mol. The van der Waals surface area contributed by atoms with E-state index in [1.807, 2.05) is 32.0 Å². The van der Waals surface area contributed by atoms with E-state index in [2.05, 4.69) is 29.1 Å². The molecule has 0 saturated carbocycles. The Morgan fingerprint density at radius 2 is 2.05 bits per heavy atom. The number of carbonyl (C=O) groups excluding carboxylic acids is 1. The Kier molecular flexibility index (Phi) is 6.91. The zero-order valence-corrected chi connectivity index (χ0v) is 14.3. The summed E-state index contributed by atoms with van der Waals surface area (Å²) in [6, 6.07) is 7.62. The molecule has 5 heteroatoms. The van der Waals surface area contributed by atoms with Crippen molar-refractivity contribution in [1.29, 1.82) is 0 Å². The number of aromatic nitrogens is 1. The van der Waals surface area contributed by atoms with Crippen molar-refractivity contribution >= 4 is 34.9 Å². The van der Waals surface area contributed by atoms with Gasteiger partial charge in [-0.05, 0) is 35.9 Å². The number of benzene rings is 1. The minimum absolute atomic E-state index is 0. The van der Waals surface area contributed by atoms with Gasteiger partial charge in [-0.15, -0.1) is 12.4 Å². The molecule has 0 spiro atoms. The Hall–Kier alpha value is -1.52. The number of nitrogens with two attached hydrogens (primary N) is 1.